The first kappa shape index (κ1) is 18.6. The van der Waals surface area contributed by atoms with Crippen LogP contribution in [-0.4, -0.2) is 45.1 Å². The van der Waals surface area contributed by atoms with Crippen molar-refractivity contribution in [2.24, 2.45) is 0 Å². The van der Waals surface area contributed by atoms with Crippen molar-refractivity contribution >= 4 is 56.4 Å². The van der Waals surface area contributed by atoms with Gasteiger partial charge in [-0.15, -0.1) is 11.3 Å². The molecule has 0 aliphatic carbocycles. The minimum Gasteiger partial charge on any atom is -0.332 e. The van der Waals surface area contributed by atoms with Gasteiger partial charge in [0.15, 0.2) is 0 Å². The van der Waals surface area contributed by atoms with E-state index in [9.17, 15) is 9.59 Å². The van der Waals surface area contributed by atoms with Crippen molar-refractivity contribution in [3.8, 4) is 5.69 Å². The second-order valence-corrected chi connectivity index (χ2v) is 8.16. The predicted octanol–water partition coefficient (Wildman–Crippen LogP) is 3.46. The smallest absolute Gasteiger partial charge is 0.264 e. The lowest BCUT2D eigenvalue weighted by molar-refractivity contribution is -0.116. The van der Waals surface area contributed by atoms with Gasteiger partial charge in [-0.25, -0.2) is 9.67 Å². The second kappa shape index (κ2) is 7.98. The van der Waals surface area contributed by atoms with Crippen LogP contribution in [0.4, 0.5) is 5.69 Å². The van der Waals surface area contributed by atoms with Gasteiger partial charge in [-0.2, -0.15) is 5.10 Å². The zero-order chi connectivity index (χ0) is 18.7. The number of hydrogen-bond donors (Lipinski definition) is 1. The van der Waals surface area contributed by atoms with Crippen LogP contribution in [0.2, 0.25) is 5.02 Å². The molecule has 1 N–H and O–H groups in total. The second-order valence-electron chi connectivity index (χ2n) is 5.29. The molecule has 0 aliphatic heterocycles. The fourth-order valence-corrected chi connectivity index (χ4v) is 3.91. The zero-order valence-electron chi connectivity index (χ0n) is 13.5. The summed E-state index contributed by atoms with van der Waals surface area (Å²) >= 11 is 10.9. The fraction of sp³-hybridized carbons (Fsp3) is 0.125. The Hall–Kier alpha value is -2.23. The lowest BCUT2D eigenvalue weighted by Crippen LogP contribution is -2.34. The van der Waals surface area contributed by atoms with E-state index < -0.39 is 0 Å². The van der Waals surface area contributed by atoms with E-state index in [1.807, 2.05) is 0 Å². The molecule has 0 saturated heterocycles. The number of rotatable bonds is 5. The van der Waals surface area contributed by atoms with Crippen LogP contribution in [0.3, 0.4) is 0 Å². The average Bonchev–Trinajstić information content (AvgIpc) is 3.26. The number of anilines is 1. The quantitative estimate of drug-likeness (QED) is 0.640. The summed E-state index contributed by atoms with van der Waals surface area (Å²) in [6.07, 6.45) is 2.86. The van der Waals surface area contributed by atoms with Crippen molar-refractivity contribution in [2.45, 2.75) is 0 Å². The molecule has 0 aliphatic rings. The Labute approximate surface area is 166 Å². The van der Waals surface area contributed by atoms with E-state index in [-0.39, 0.29) is 18.4 Å². The molecule has 2 amide bonds. The number of amides is 2. The van der Waals surface area contributed by atoms with E-state index >= 15 is 0 Å². The molecule has 0 atom stereocenters. The van der Waals surface area contributed by atoms with Gasteiger partial charge in [-0.05, 0) is 40.2 Å². The van der Waals surface area contributed by atoms with Gasteiger partial charge in [0.2, 0.25) is 5.91 Å². The number of thiophene rings is 1. The van der Waals surface area contributed by atoms with Gasteiger partial charge in [0.25, 0.3) is 5.91 Å². The first-order chi connectivity index (χ1) is 12.5. The molecular weight excluding hydrogens is 442 g/mol. The molecule has 0 bridgehead atoms. The third kappa shape index (κ3) is 4.12. The number of halogens is 2. The van der Waals surface area contributed by atoms with Gasteiger partial charge in [-0.3, -0.25) is 9.59 Å². The maximum absolute atomic E-state index is 12.4. The number of para-hydroxylation sites is 1. The van der Waals surface area contributed by atoms with Crippen molar-refractivity contribution < 1.29 is 9.59 Å². The maximum atomic E-state index is 12.4. The van der Waals surface area contributed by atoms with Gasteiger partial charge >= 0.3 is 0 Å². The van der Waals surface area contributed by atoms with Crippen molar-refractivity contribution in [1.29, 1.82) is 0 Å². The summed E-state index contributed by atoms with van der Waals surface area (Å²) in [4.78, 5) is 30.5. The first-order valence-electron chi connectivity index (χ1n) is 7.40. The Morgan fingerprint density at radius 1 is 1.35 bits per heavy atom. The number of nitrogens with zero attached hydrogens (tertiary/aromatic N) is 4. The monoisotopic (exact) mass is 453 g/mol. The normalized spacial score (nSPS) is 10.6. The molecule has 0 fully saturated rings. The van der Waals surface area contributed by atoms with E-state index in [4.69, 9.17) is 11.6 Å². The molecule has 10 heteroatoms. The summed E-state index contributed by atoms with van der Waals surface area (Å²) in [5, 5.41) is 7.24. The van der Waals surface area contributed by atoms with Crippen LogP contribution in [0.1, 0.15) is 9.67 Å². The Bertz CT molecular complexity index is 944. The van der Waals surface area contributed by atoms with Gasteiger partial charge in [0, 0.05) is 7.05 Å². The van der Waals surface area contributed by atoms with Crippen LogP contribution in [0.25, 0.3) is 5.69 Å². The third-order valence-corrected chi connectivity index (χ3v) is 5.34. The van der Waals surface area contributed by atoms with E-state index in [2.05, 4.69) is 31.3 Å². The molecular formula is C16H13BrClN5O2S. The molecule has 0 radical (unpaired) electrons. The molecule has 2 heterocycles. The Balaban J connectivity index is 1.73. The van der Waals surface area contributed by atoms with Gasteiger partial charge < -0.3 is 10.2 Å². The summed E-state index contributed by atoms with van der Waals surface area (Å²) in [5.41, 5.74) is 0.990. The largest absolute Gasteiger partial charge is 0.332 e. The maximum Gasteiger partial charge on any atom is 0.264 e. The molecule has 26 heavy (non-hydrogen) atoms. The molecule has 0 spiro atoms. The molecule has 0 saturated carbocycles. The van der Waals surface area contributed by atoms with Gasteiger partial charge in [-0.1, -0.05) is 17.7 Å². The highest BCUT2D eigenvalue weighted by Gasteiger charge is 2.18. The van der Waals surface area contributed by atoms with Crippen LogP contribution in [-0.2, 0) is 4.79 Å². The summed E-state index contributed by atoms with van der Waals surface area (Å²) in [5.74, 6) is -0.571. The highest BCUT2D eigenvalue weighted by Crippen LogP contribution is 2.28. The van der Waals surface area contributed by atoms with Crippen LogP contribution < -0.4 is 5.32 Å². The number of aromatic nitrogens is 3. The number of carbonyl (C=O) groups excluding carboxylic acids is 2. The zero-order valence-corrected chi connectivity index (χ0v) is 16.7. The highest BCUT2D eigenvalue weighted by atomic mass is 79.9. The van der Waals surface area contributed by atoms with Crippen LogP contribution in [0.15, 0.2) is 46.8 Å². The van der Waals surface area contributed by atoms with Crippen molar-refractivity contribution in [1.82, 2.24) is 19.7 Å². The minimum atomic E-state index is -0.347. The lowest BCUT2D eigenvalue weighted by atomic mass is 10.2. The summed E-state index contributed by atoms with van der Waals surface area (Å²) in [6.45, 7) is -0.0995. The molecule has 7 nitrogen and oxygen atoms in total. The summed E-state index contributed by atoms with van der Waals surface area (Å²) in [7, 11) is 1.58. The van der Waals surface area contributed by atoms with Crippen LogP contribution >= 0.6 is 38.9 Å². The average molecular weight is 455 g/mol. The first-order valence-corrected chi connectivity index (χ1v) is 9.38. The SMILES string of the molecule is CN(CC(=O)Nc1cccc(Cl)c1-n1cncn1)C(=O)c1ccc(Br)s1. The fourth-order valence-electron chi connectivity index (χ4n) is 2.27. The van der Waals surface area contributed by atoms with E-state index in [0.717, 1.165) is 3.79 Å². The van der Waals surface area contributed by atoms with Crippen molar-refractivity contribution in [3.05, 3.63) is 56.7 Å². The van der Waals surface area contributed by atoms with Crippen LogP contribution in [0.5, 0.6) is 0 Å². The van der Waals surface area contributed by atoms with Crippen molar-refractivity contribution in [3.63, 3.8) is 0 Å². The number of benzene rings is 1. The Kier molecular flexibility index (Phi) is 5.70. The topological polar surface area (TPSA) is 80.1 Å². The third-order valence-electron chi connectivity index (χ3n) is 3.42. The molecule has 134 valence electrons. The number of nitrogens with one attached hydrogen (secondary N) is 1. The number of carbonyl (C=O) groups is 2. The standard InChI is InChI=1S/C16H13BrClN5O2S/c1-22(16(25)12-5-6-13(17)26-12)7-14(24)21-11-4-2-3-10(18)15(11)23-9-19-8-20-23/h2-6,8-9H,7H2,1H3,(H,21,24). The predicted molar refractivity (Wildman–Crippen MR) is 104 cm³/mol. The molecule has 2 aromatic heterocycles. The number of hydrogen-bond acceptors (Lipinski definition) is 5. The van der Waals surface area contributed by atoms with Gasteiger partial charge in [0.1, 0.15) is 18.3 Å². The highest BCUT2D eigenvalue weighted by molar-refractivity contribution is 9.11. The van der Waals surface area contributed by atoms with Crippen LogP contribution in [0, 0.1) is 0 Å². The molecule has 0 unspecified atom stereocenters. The molecule has 3 rings (SSSR count). The Morgan fingerprint density at radius 3 is 2.81 bits per heavy atom. The summed E-state index contributed by atoms with van der Waals surface area (Å²) < 4.78 is 2.32. The molecule has 3 aromatic rings. The van der Waals surface area contributed by atoms with E-state index in [1.54, 1.807) is 37.4 Å². The summed E-state index contributed by atoms with van der Waals surface area (Å²) in [6, 6.07) is 8.63. The number of likely N-dealkylation sites (N-methyl/N-ethyl adjacent to an activating group) is 1. The lowest BCUT2D eigenvalue weighted by Gasteiger charge is -2.17. The van der Waals surface area contributed by atoms with Gasteiger partial charge in [0.05, 0.1) is 25.9 Å². The Morgan fingerprint density at radius 2 is 2.15 bits per heavy atom. The minimum absolute atomic E-state index is 0.0995. The van der Waals surface area contributed by atoms with E-state index in [1.165, 1.54) is 33.6 Å². The van der Waals surface area contributed by atoms with Crippen molar-refractivity contribution in [2.75, 3.05) is 18.9 Å². The van der Waals surface area contributed by atoms with E-state index in [0.29, 0.717) is 21.3 Å². The molecule has 1 aromatic carbocycles.